The van der Waals surface area contributed by atoms with Gasteiger partial charge in [0.15, 0.2) is 5.89 Å². The van der Waals surface area contributed by atoms with Crippen molar-refractivity contribution in [1.29, 1.82) is 0 Å². The molecule has 5 heteroatoms. The van der Waals surface area contributed by atoms with Crippen LogP contribution in [0.15, 0.2) is 33.5 Å². The molecule has 2 aromatic rings. The number of oxazole rings is 1. The van der Waals surface area contributed by atoms with E-state index >= 15 is 0 Å². The van der Waals surface area contributed by atoms with E-state index in [-0.39, 0.29) is 6.04 Å². The number of hydrogen-bond acceptors (Lipinski definition) is 4. The van der Waals surface area contributed by atoms with E-state index in [2.05, 4.69) is 31.2 Å². The fraction of sp³-hybridized carbons (Fsp3) is 0.333. The second kappa shape index (κ2) is 5.42. The summed E-state index contributed by atoms with van der Waals surface area (Å²) < 4.78 is 6.21. The Hall–Kier alpha value is -1.20. The average Bonchev–Trinajstić information content (AvgIpc) is 2.75. The minimum Gasteiger partial charge on any atom is -0.449 e. The molecule has 0 radical (unpaired) electrons. The van der Waals surface area contributed by atoms with E-state index in [4.69, 9.17) is 4.42 Å². The van der Waals surface area contributed by atoms with Gasteiger partial charge in [0.1, 0.15) is 6.26 Å². The predicted molar refractivity (Wildman–Crippen MR) is 68.7 cm³/mol. The molecule has 0 fully saturated rings. The van der Waals surface area contributed by atoms with Crippen LogP contribution in [0.2, 0.25) is 0 Å². The van der Waals surface area contributed by atoms with E-state index in [1.807, 2.05) is 26.1 Å². The van der Waals surface area contributed by atoms with Gasteiger partial charge >= 0.3 is 0 Å². The molecule has 2 aromatic heterocycles. The fourth-order valence-corrected chi connectivity index (χ4v) is 1.87. The molecule has 90 valence electrons. The van der Waals surface area contributed by atoms with Gasteiger partial charge in [-0.2, -0.15) is 0 Å². The fourth-order valence-electron chi connectivity index (χ4n) is 1.63. The van der Waals surface area contributed by atoms with Crippen molar-refractivity contribution in [3.63, 3.8) is 0 Å². The second-order valence-electron chi connectivity index (χ2n) is 3.80. The zero-order valence-corrected chi connectivity index (χ0v) is 11.4. The molecular weight excluding hydrogens is 282 g/mol. The Morgan fingerprint density at radius 2 is 2.29 bits per heavy atom. The highest BCUT2D eigenvalue weighted by molar-refractivity contribution is 9.10. The Labute approximate surface area is 109 Å². The van der Waals surface area contributed by atoms with Gasteiger partial charge in [0.2, 0.25) is 0 Å². The van der Waals surface area contributed by atoms with Crippen molar-refractivity contribution >= 4 is 15.9 Å². The number of likely N-dealkylation sites (N-methyl/N-ethyl adjacent to an activating group) is 1. The van der Waals surface area contributed by atoms with Gasteiger partial charge in [-0.25, -0.2) is 4.98 Å². The van der Waals surface area contributed by atoms with Gasteiger partial charge in [-0.3, -0.25) is 4.98 Å². The van der Waals surface area contributed by atoms with E-state index in [1.165, 1.54) is 0 Å². The topological polar surface area (TPSA) is 51.0 Å². The molecule has 0 saturated heterocycles. The summed E-state index contributed by atoms with van der Waals surface area (Å²) in [5.74, 6) is 0.684. The zero-order valence-electron chi connectivity index (χ0n) is 9.77. The third kappa shape index (κ3) is 3.14. The number of pyridine rings is 1. The largest absolute Gasteiger partial charge is 0.449 e. The average molecular weight is 296 g/mol. The van der Waals surface area contributed by atoms with E-state index in [9.17, 15) is 0 Å². The Balaban J connectivity index is 2.12. The van der Waals surface area contributed by atoms with Crippen LogP contribution in [0.4, 0.5) is 0 Å². The molecule has 0 bridgehead atoms. The minimum atomic E-state index is 0.126. The summed E-state index contributed by atoms with van der Waals surface area (Å²) in [6, 6.07) is 4.12. The van der Waals surface area contributed by atoms with Crippen LogP contribution in [0, 0.1) is 6.92 Å². The minimum absolute atomic E-state index is 0.126. The highest BCUT2D eigenvalue weighted by atomic mass is 79.9. The normalized spacial score (nSPS) is 12.6. The third-order valence-electron chi connectivity index (χ3n) is 2.54. The van der Waals surface area contributed by atoms with E-state index in [1.54, 1.807) is 12.5 Å². The van der Waals surface area contributed by atoms with Crippen molar-refractivity contribution in [2.45, 2.75) is 19.4 Å². The maximum atomic E-state index is 5.23. The summed E-state index contributed by atoms with van der Waals surface area (Å²) >= 11 is 3.37. The number of nitrogens with one attached hydrogen (secondary N) is 1. The summed E-state index contributed by atoms with van der Waals surface area (Å²) in [5.41, 5.74) is 1.93. The first-order valence-electron chi connectivity index (χ1n) is 5.39. The highest BCUT2D eigenvalue weighted by Crippen LogP contribution is 2.17. The maximum Gasteiger partial charge on any atom is 0.191 e. The number of aryl methyl sites for hydroxylation is 1. The molecule has 0 aliphatic rings. The Kier molecular flexibility index (Phi) is 3.91. The lowest BCUT2D eigenvalue weighted by atomic mass is 10.1. The van der Waals surface area contributed by atoms with Gasteiger partial charge in [0.05, 0.1) is 11.7 Å². The van der Waals surface area contributed by atoms with Crippen molar-refractivity contribution in [1.82, 2.24) is 15.3 Å². The molecule has 17 heavy (non-hydrogen) atoms. The van der Waals surface area contributed by atoms with Crippen LogP contribution in [-0.4, -0.2) is 17.0 Å². The number of hydrogen-bond donors (Lipinski definition) is 1. The third-order valence-corrected chi connectivity index (χ3v) is 3.01. The molecule has 1 atom stereocenters. The van der Waals surface area contributed by atoms with Crippen molar-refractivity contribution in [3.8, 4) is 0 Å². The summed E-state index contributed by atoms with van der Waals surface area (Å²) in [5, 5.41) is 3.22. The molecule has 4 nitrogen and oxygen atoms in total. The molecule has 1 N–H and O–H groups in total. The van der Waals surface area contributed by atoms with Crippen LogP contribution in [0.1, 0.15) is 23.3 Å². The second-order valence-corrected chi connectivity index (χ2v) is 4.72. The van der Waals surface area contributed by atoms with Gasteiger partial charge in [0.25, 0.3) is 0 Å². The SMILES string of the molecule is CNC(Cc1ccc(Br)cn1)c1coc(C)n1. The van der Waals surface area contributed by atoms with Crippen LogP contribution in [-0.2, 0) is 6.42 Å². The molecule has 0 aliphatic carbocycles. The summed E-state index contributed by atoms with van der Waals surface area (Å²) in [6.45, 7) is 1.84. The summed E-state index contributed by atoms with van der Waals surface area (Å²) in [7, 11) is 1.91. The molecular formula is C12H14BrN3O. The van der Waals surface area contributed by atoms with Crippen LogP contribution < -0.4 is 5.32 Å². The highest BCUT2D eigenvalue weighted by Gasteiger charge is 2.14. The number of nitrogens with zero attached hydrogens (tertiary/aromatic N) is 2. The maximum absolute atomic E-state index is 5.23. The van der Waals surface area contributed by atoms with Crippen LogP contribution >= 0.6 is 15.9 Å². The first-order valence-corrected chi connectivity index (χ1v) is 6.18. The number of aromatic nitrogens is 2. The lowest BCUT2D eigenvalue weighted by molar-refractivity contribution is 0.515. The lowest BCUT2D eigenvalue weighted by Crippen LogP contribution is -2.19. The van der Waals surface area contributed by atoms with Crippen molar-refractivity contribution < 1.29 is 4.42 Å². The van der Waals surface area contributed by atoms with E-state index < -0.39 is 0 Å². The number of halogens is 1. The molecule has 0 amide bonds. The van der Waals surface area contributed by atoms with Crippen molar-refractivity contribution in [3.05, 3.63) is 46.3 Å². The predicted octanol–water partition coefficient (Wildman–Crippen LogP) is 2.64. The van der Waals surface area contributed by atoms with Crippen LogP contribution in [0.5, 0.6) is 0 Å². The van der Waals surface area contributed by atoms with E-state index in [0.29, 0.717) is 5.89 Å². The Morgan fingerprint density at radius 1 is 1.47 bits per heavy atom. The Bertz CT molecular complexity index is 481. The number of rotatable bonds is 4. The van der Waals surface area contributed by atoms with Gasteiger partial charge in [-0.1, -0.05) is 0 Å². The van der Waals surface area contributed by atoms with Crippen molar-refractivity contribution in [2.75, 3.05) is 7.05 Å². The molecule has 2 heterocycles. The standard InChI is InChI=1S/C12H14BrN3O/c1-8-16-12(7-17-8)11(14-2)5-10-4-3-9(13)6-15-10/h3-4,6-7,11,14H,5H2,1-2H3. The monoisotopic (exact) mass is 295 g/mol. The molecule has 2 rings (SSSR count). The summed E-state index contributed by atoms with van der Waals surface area (Å²) in [4.78, 5) is 8.68. The molecule has 0 aromatic carbocycles. The molecule has 0 aliphatic heterocycles. The molecule has 0 saturated carbocycles. The smallest absolute Gasteiger partial charge is 0.191 e. The molecule has 0 spiro atoms. The van der Waals surface area contributed by atoms with Gasteiger partial charge < -0.3 is 9.73 Å². The van der Waals surface area contributed by atoms with E-state index in [0.717, 1.165) is 22.3 Å². The van der Waals surface area contributed by atoms with Gasteiger partial charge in [-0.05, 0) is 35.1 Å². The quantitative estimate of drug-likeness (QED) is 0.942. The van der Waals surface area contributed by atoms with Crippen LogP contribution in [0.3, 0.4) is 0 Å². The lowest BCUT2D eigenvalue weighted by Gasteiger charge is -2.12. The molecule has 1 unspecified atom stereocenters. The first-order chi connectivity index (χ1) is 8.19. The summed E-state index contributed by atoms with van der Waals surface area (Å²) in [6.07, 6.45) is 4.28. The van der Waals surface area contributed by atoms with Crippen LogP contribution in [0.25, 0.3) is 0 Å². The zero-order chi connectivity index (χ0) is 12.3. The first kappa shape index (κ1) is 12.3. The van der Waals surface area contributed by atoms with Crippen molar-refractivity contribution in [2.24, 2.45) is 0 Å². The Morgan fingerprint density at radius 3 is 2.82 bits per heavy atom. The van der Waals surface area contributed by atoms with Gasteiger partial charge in [-0.15, -0.1) is 0 Å². The van der Waals surface area contributed by atoms with Gasteiger partial charge in [0, 0.05) is 29.7 Å².